The zero-order valence-corrected chi connectivity index (χ0v) is 15.1. The van der Waals surface area contributed by atoms with Crippen LogP contribution in [0.4, 0.5) is 0 Å². The predicted molar refractivity (Wildman–Crippen MR) is 93.7 cm³/mol. The van der Waals surface area contributed by atoms with Gasteiger partial charge in [-0.2, -0.15) is 0 Å². The van der Waals surface area contributed by atoms with Crippen LogP contribution < -0.4 is 0 Å². The summed E-state index contributed by atoms with van der Waals surface area (Å²) in [5.74, 6) is -1.15. The summed E-state index contributed by atoms with van der Waals surface area (Å²) < 4.78 is 0. The Balaban J connectivity index is 2.25. The van der Waals surface area contributed by atoms with E-state index in [1.807, 2.05) is 13.8 Å². The molecule has 0 bridgehead atoms. The average Bonchev–Trinajstić information content (AvgIpc) is 2.45. The second-order valence-electron chi connectivity index (χ2n) is 8.25. The van der Waals surface area contributed by atoms with Crippen LogP contribution in [0.25, 0.3) is 0 Å². The van der Waals surface area contributed by atoms with Gasteiger partial charge in [-0.25, -0.2) is 4.79 Å². The Labute approximate surface area is 144 Å². The van der Waals surface area contributed by atoms with Crippen LogP contribution in [0.1, 0.15) is 65.7 Å². The van der Waals surface area contributed by atoms with Gasteiger partial charge in [-0.1, -0.05) is 31.1 Å². The molecule has 0 radical (unpaired) electrons. The number of carboxylic acid groups (broad SMARTS) is 2. The molecule has 4 nitrogen and oxygen atoms in total. The maximum Gasteiger partial charge on any atom is 0.328 e. The van der Waals surface area contributed by atoms with Crippen molar-refractivity contribution in [3.63, 3.8) is 0 Å². The maximum atomic E-state index is 12.0. The van der Waals surface area contributed by atoms with Crippen LogP contribution in [0.3, 0.4) is 0 Å². The quantitative estimate of drug-likeness (QED) is 0.566. The molecule has 24 heavy (non-hydrogen) atoms. The Morgan fingerprint density at radius 1 is 1.29 bits per heavy atom. The summed E-state index contributed by atoms with van der Waals surface area (Å²) >= 11 is 0. The highest BCUT2D eigenvalue weighted by molar-refractivity contribution is 5.80. The van der Waals surface area contributed by atoms with E-state index in [9.17, 15) is 14.7 Å². The fourth-order valence-corrected chi connectivity index (χ4v) is 5.39. The number of rotatable bonds is 5. The van der Waals surface area contributed by atoms with Gasteiger partial charge < -0.3 is 10.2 Å². The molecule has 0 unspecified atom stereocenters. The molecular formula is C20H30O4. The van der Waals surface area contributed by atoms with Crippen LogP contribution in [0.15, 0.2) is 23.8 Å². The number of fused-ring (bicyclic) bond motifs is 1. The first-order valence-corrected chi connectivity index (χ1v) is 8.92. The second-order valence-corrected chi connectivity index (χ2v) is 8.25. The molecular weight excluding hydrogens is 304 g/mol. The lowest BCUT2D eigenvalue weighted by Crippen LogP contribution is -2.53. The van der Waals surface area contributed by atoms with E-state index in [0.29, 0.717) is 0 Å². The van der Waals surface area contributed by atoms with Gasteiger partial charge >= 0.3 is 11.9 Å². The molecule has 134 valence electrons. The summed E-state index contributed by atoms with van der Waals surface area (Å²) in [5, 5.41) is 18.7. The molecule has 2 N–H and O–H groups in total. The number of hydrogen-bond donors (Lipinski definition) is 2. The van der Waals surface area contributed by atoms with Crippen molar-refractivity contribution in [3.05, 3.63) is 23.8 Å². The van der Waals surface area contributed by atoms with E-state index in [0.717, 1.165) is 50.5 Å². The molecule has 0 spiro atoms. The van der Waals surface area contributed by atoms with Crippen molar-refractivity contribution < 1.29 is 19.8 Å². The highest BCUT2D eigenvalue weighted by atomic mass is 16.4. The summed E-state index contributed by atoms with van der Waals surface area (Å²) in [6.45, 7) is 10.3. The number of aliphatic carboxylic acids is 2. The van der Waals surface area contributed by atoms with Gasteiger partial charge in [0.1, 0.15) is 0 Å². The van der Waals surface area contributed by atoms with Crippen molar-refractivity contribution in [1.29, 1.82) is 0 Å². The lowest BCUT2D eigenvalue weighted by Gasteiger charge is -2.57. The Hall–Kier alpha value is -1.58. The largest absolute Gasteiger partial charge is 0.481 e. The molecule has 2 aliphatic carbocycles. The van der Waals surface area contributed by atoms with E-state index < -0.39 is 17.4 Å². The van der Waals surface area contributed by atoms with Gasteiger partial charge in [-0.05, 0) is 69.6 Å². The van der Waals surface area contributed by atoms with E-state index in [4.69, 9.17) is 5.11 Å². The van der Waals surface area contributed by atoms with Crippen molar-refractivity contribution in [3.8, 4) is 0 Å². The minimum absolute atomic E-state index is 0.0514. The lowest BCUT2D eigenvalue weighted by atomic mass is 9.46. The van der Waals surface area contributed by atoms with Gasteiger partial charge in [0.05, 0.1) is 5.41 Å². The van der Waals surface area contributed by atoms with Crippen molar-refractivity contribution in [2.24, 2.45) is 22.7 Å². The molecule has 0 aromatic carbocycles. The van der Waals surface area contributed by atoms with Crippen LogP contribution in [0, 0.1) is 22.7 Å². The maximum absolute atomic E-state index is 12.0. The fourth-order valence-electron chi connectivity index (χ4n) is 5.39. The third-order valence-corrected chi connectivity index (χ3v) is 6.71. The SMILES string of the molecule is C=C1CC[C@@H]2[C@](C)(CCC[C@]2(C)C(=O)O)[C@H]1CC/C(C)=C\C(=O)O. The number of allylic oxidation sites excluding steroid dienone is 2. The van der Waals surface area contributed by atoms with Crippen molar-refractivity contribution in [2.45, 2.75) is 65.7 Å². The smallest absolute Gasteiger partial charge is 0.328 e. The highest BCUT2D eigenvalue weighted by Crippen LogP contribution is 2.62. The summed E-state index contributed by atoms with van der Waals surface area (Å²) in [4.78, 5) is 22.8. The van der Waals surface area contributed by atoms with E-state index in [1.165, 1.54) is 11.6 Å². The average molecular weight is 334 g/mol. The molecule has 0 amide bonds. The van der Waals surface area contributed by atoms with Gasteiger partial charge in [0.25, 0.3) is 0 Å². The summed E-state index contributed by atoms with van der Waals surface area (Å²) in [7, 11) is 0. The highest BCUT2D eigenvalue weighted by Gasteiger charge is 2.57. The normalized spacial score (nSPS) is 37.0. The van der Waals surface area contributed by atoms with Gasteiger partial charge in [-0.15, -0.1) is 0 Å². The molecule has 0 aromatic heterocycles. The van der Waals surface area contributed by atoms with Gasteiger partial charge in [0.2, 0.25) is 0 Å². The molecule has 0 aromatic rings. The molecule has 0 aliphatic heterocycles. The third-order valence-electron chi connectivity index (χ3n) is 6.71. The summed E-state index contributed by atoms with van der Waals surface area (Å²) in [5.41, 5.74) is 1.37. The molecule has 2 saturated carbocycles. The Bertz CT molecular complexity index is 576. The number of hydrogen-bond acceptors (Lipinski definition) is 2. The third kappa shape index (κ3) is 3.28. The van der Waals surface area contributed by atoms with Crippen molar-refractivity contribution >= 4 is 11.9 Å². The minimum Gasteiger partial charge on any atom is -0.481 e. The molecule has 2 rings (SSSR count). The minimum atomic E-state index is -0.907. The Morgan fingerprint density at radius 2 is 1.96 bits per heavy atom. The standard InChI is InChI=1S/C20H30O4/c1-13(12-17(21)22)6-8-15-14(2)7-9-16-19(15,3)10-5-11-20(16,4)18(23)24/h12,15-16H,2,5-11H2,1,3-4H3,(H,21,22)(H,23,24)/b13-12-/t15-,16+,19+,20-/m0/s1. The summed E-state index contributed by atoms with van der Waals surface area (Å²) in [6, 6.07) is 0. The lowest BCUT2D eigenvalue weighted by molar-refractivity contribution is -0.164. The first-order chi connectivity index (χ1) is 11.1. The number of carboxylic acids is 2. The van der Waals surface area contributed by atoms with Crippen LogP contribution in [-0.4, -0.2) is 22.2 Å². The predicted octanol–water partition coefficient (Wildman–Crippen LogP) is 4.66. The van der Waals surface area contributed by atoms with E-state index in [1.54, 1.807) is 0 Å². The zero-order valence-electron chi connectivity index (χ0n) is 15.1. The molecule has 0 saturated heterocycles. The second kappa shape index (κ2) is 6.73. The number of carbonyl (C=O) groups is 2. The topological polar surface area (TPSA) is 74.6 Å². The molecule has 4 heteroatoms. The van der Waals surface area contributed by atoms with Crippen LogP contribution >= 0.6 is 0 Å². The Kier molecular flexibility index (Phi) is 5.26. The van der Waals surface area contributed by atoms with Crippen LogP contribution in [-0.2, 0) is 9.59 Å². The Morgan fingerprint density at radius 3 is 2.54 bits per heavy atom. The molecule has 2 aliphatic rings. The first kappa shape index (κ1) is 18.8. The van der Waals surface area contributed by atoms with Crippen LogP contribution in [0.5, 0.6) is 0 Å². The first-order valence-electron chi connectivity index (χ1n) is 8.92. The monoisotopic (exact) mass is 334 g/mol. The summed E-state index contributed by atoms with van der Waals surface area (Å²) in [6.07, 6.45) is 7.36. The van der Waals surface area contributed by atoms with Gasteiger partial charge in [-0.3, -0.25) is 4.79 Å². The van der Waals surface area contributed by atoms with Crippen molar-refractivity contribution in [1.82, 2.24) is 0 Å². The van der Waals surface area contributed by atoms with Gasteiger partial charge in [0, 0.05) is 6.08 Å². The van der Waals surface area contributed by atoms with Crippen molar-refractivity contribution in [2.75, 3.05) is 0 Å². The van der Waals surface area contributed by atoms with E-state index in [-0.39, 0.29) is 17.3 Å². The van der Waals surface area contributed by atoms with Gasteiger partial charge in [0.15, 0.2) is 0 Å². The van der Waals surface area contributed by atoms with E-state index in [2.05, 4.69) is 13.5 Å². The zero-order chi connectivity index (χ0) is 18.1. The molecule has 4 atom stereocenters. The fraction of sp³-hybridized carbons (Fsp3) is 0.700. The molecule has 2 fully saturated rings. The van der Waals surface area contributed by atoms with Crippen LogP contribution in [0.2, 0.25) is 0 Å². The molecule has 0 heterocycles. The van der Waals surface area contributed by atoms with E-state index >= 15 is 0 Å².